The number of carbonyl (C=O) groups excluding carboxylic acids is 1. The van der Waals surface area contributed by atoms with Gasteiger partial charge in [0.1, 0.15) is 0 Å². The van der Waals surface area contributed by atoms with Crippen LogP contribution in [0.25, 0.3) is 10.9 Å². The van der Waals surface area contributed by atoms with Gasteiger partial charge in [0.2, 0.25) is 0 Å². The summed E-state index contributed by atoms with van der Waals surface area (Å²) in [7, 11) is 0. The van der Waals surface area contributed by atoms with E-state index in [1.807, 2.05) is 58.4 Å². The molecular weight excluding hydrogens is 396 g/mol. The fourth-order valence-corrected chi connectivity index (χ4v) is 4.76. The van der Waals surface area contributed by atoms with Crippen LogP contribution >= 0.6 is 0 Å². The minimum absolute atomic E-state index is 0.144. The lowest BCUT2D eigenvalue weighted by molar-refractivity contribution is 0.0758. The smallest absolute Gasteiger partial charge is 0.254 e. The van der Waals surface area contributed by atoms with E-state index in [1.54, 1.807) is 6.20 Å². The molecule has 0 aliphatic carbocycles. The minimum Gasteiger partial charge on any atom is -0.339 e. The Morgan fingerprint density at radius 1 is 0.969 bits per heavy atom. The zero-order valence-corrected chi connectivity index (χ0v) is 18.2. The first-order valence-corrected chi connectivity index (χ1v) is 11.4. The lowest BCUT2D eigenvalue weighted by Crippen LogP contribution is -2.33. The molecule has 1 fully saturated rings. The molecule has 0 saturated carbocycles. The Hall–Kier alpha value is -3.47. The number of rotatable bonds is 5. The van der Waals surface area contributed by atoms with Gasteiger partial charge in [-0.25, -0.2) is 0 Å². The van der Waals surface area contributed by atoms with Crippen LogP contribution in [-0.2, 0) is 13.0 Å². The highest BCUT2D eigenvalue weighted by Gasteiger charge is 2.23. The normalized spacial score (nSPS) is 16.8. The van der Waals surface area contributed by atoms with Crippen molar-refractivity contribution >= 4 is 16.8 Å². The van der Waals surface area contributed by atoms with Crippen molar-refractivity contribution in [2.24, 2.45) is 5.92 Å². The Balaban J connectivity index is 1.25. The average Bonchev–Trinajstić information content (AvgIpc) is 3.23. The topological polar surface area (TPSA) is 51.0 Å². The quantitative estimate of drug-likeness (QED) is 0.455. The second-order valence-corrected chi connectivity index (χ2v) is 8.68. The monoisotopic (exact) mass is 424 g/mol. The largest absolute Gasteiger partial charge is 0.339 e. The lowest BCUT2D eigenvalue weighted by atomic mass is 9.92. The Morgan fingerprint density at radius 2 is 1.91 bits per heavy atom. The van der Waals surface area contributed by atoms with Crippen molar-refractivity contribution in [3.8, 4) is 0 Å². The summed E-state index contributed by atoms with van der Waals surface area (Å²) in [5, 5.41) is 5.49. The van der Waals surface area contributed by atoms with E-state index in [9.17, 15) is 4.79 Å². The van der Waals surface area contributed by atoms with Crippen LogP contribution in [0.2, 0.25) is 0 Å². The highest BCUT2D eigenvalue weighted by Crippen LogP contribution is 2.25. The van der Waals surface area contributed by atoms with Gasteiger partial charge in [0.25, 0.3) is 5.91 Å². The lowest BCUT2D eigenvalue weighted by Gasteiger charge is -2.22. The molecule has 32 heavy (non-hydrogen) atoms. The fourth-order valence-electron chi connectivity index (χ4n) is 4.76. The molecule has 2 aromatic heterocycles. The predicted octanol–water partition coefficient (Wildman–Crippen LogP) is 4.96. The van der Waals surface area contributed by atoms with Crippen molar-refractivity contribution < 1.29 is 4.79 Å². The number of pyridine rings is 1. The van der Waals surface area contributed by atoms with E-state index in [0.717, 1.165) is 55.4 Å². The maximum Gasteiger partial charge on any atom is 0.254 e. The van der Waals surface area contributed by atoms with Gasteiger partial charge in [-0.05, 0) is 73.1 Å². The molecule has 0 bridgehead atoms. The third-order valence-corrected chi connectivity index (χ3v) is 6.47. The number of carbonyl (C=O) groups is 1. The van der Waals surface area contributed by atoms with Crippen LogP contribution in [-0.4, -0.2) is 38.7 Å². The number of benzene rings is 2. The second-order valence-electron chi connectivity index (χ2n) is 8.68. The highest BCUT2D eigenvalue weighted by molar-refractivity contribution is 5.95. The Labute approximate surface area is 188 Å². The predicted molar refractivity (Wildman–Crippen MR) is 126 cm³/mol. The van der Waals surface area contributed by atoms with Gasteiger partial charge in [-0.3, -0.25) is 14.5 Å². The molecule has 1 aliphatic heterocycles. The maximum absolute atomic E-state index is 13.4. The summed E-state index contributed by atoms with van der Waals surface area (Å²) < 4.78 is 1.86. The summed E-state index contributed by atoms with van der Waals surface area (Å²) in [5.41, 5.74) is 4.22. The van der Waals surface area contributed by atoms with Gasteiger partial charge in [-0.2, -0.15) is 5.10 Å². The SMILES string of the molecule is O=C(c1ccccc1Cn1cccn1)N1CCC[C@H](Cc2ccc3ncccc3c2)CC1. The van der Waals surface area contributed by atoms with Crippen LogP contribution in [0.1, 0.15) is 40.7 Å². The summed E-state index contributed by atoms with van der Waals surface area (Å²) in [5.74, 6) is 0.742. The van der Waals surface area contributed by atoms with Crippen LogP contribution in [0.15, 0.2) is 79.3 Å². The first kappa shape index (κ1) is 20.4. The van der Waals surface area contributed by atoms with Crippen molar-refractivity contribution in [3.63, 3.8) is 0 Å². The van der Waals surface area contributed by atoms with Crippen molar-refractivity contribution in [1.29, 1.82) is 0 Å². The van der Waals surface area contributed by atoms with Gasteiger partial charge in [-0.15, -0.1) is 0 Å². The molecule has 0 N–H and O–H groups in total. The molecule has 1 aliphatic rings. The summed E-state index contributed by atoms with van der Waals surface area (Å²) in [6.07, 6.45) is 9.84. The van der Waals surface area contributed by atoms with E-state index in [0.29, 0.717) is 12.5 Å². The third-order valence-electron chi connectivity index (χ3n) is 6.47. The first-order chi connectivity index (χ1) is 15.8. The van der Waals surface area contributed by atoms with Crippen molar-refractivity contribution in [3.05, 3.63) is 95.9 Å². The summed E-state index contributed by atoms with van der Waals surface area (Å²) in [4.78, 5) is 19.9. The summed E-state index contributed by atoms with van der Waals surface area (Å²) in [6.45, 7) is 2.25. The van der Waals surface area contributed by atoms with Crippen molar-refractivity contribution in [2.45, 2.75) is 32.2 Å². The summed E-state index contributed by atoms with van der Waals surface area (Å²) in [6, 6.07) is 20.5. The van der Waals surface area contributed by atoms with E-state index < -0.39 is 0 Å². The molecule has 0 spiro atoms. The molecule has 5 rings (SSSR count). The van der Waals surface area contributed by atoms with Crippen LogP contribution in [0.3, 0.4) is 0 Å². The molecule has 1 amide bonds. The second kappa shape index (κ2) is 9.35. The fraction of sp³-hybridized carbons (Fsp3) is 0.296. The zero-order chi connectivity index (χ0) is 21.8. The number of likely N-dealkylation sites (tertiary alicyclic amines) is 1. The summed E-state index contributed by atoms with van der Waals surface area (Å²) >= 11 is 0. The number of aromatic nitrogens is 3. The Morgan fingerprint density at radius 3 is 2.81 bits per heavy atom. The molecule has 0 unspecified atom stereocenters. The minimum atomic E-state index is 0.144. The van der Waals surface area contributed by atoms with Crippen LogP contribution in [0, 0.1) is 5.92 Å². The van der Waals surface area contributed by atoms with Gasteiger partial charge in [0.05, 0.1) is 12.1 Å². The molecule has 4 aromatic rings. The Kier molecular flexibility index (Phi) is 5.97. The van der Waals surface area contributed by atoms with Gasteiger partial charge in [0, 0.05) is 42.6 Å². The number of hydrogen-bond donors (Lipinski definition) is 0. The molecule has 3 heterocycles. The number of fused-ring (bicyclic) bond motifs is 1. The highest BCUT2D eigenvalue weighted by atomic mass is 16.2. The Bertz CT molecular complexity index is 1200. The molecule has 0 radical (unpaired) electrons. The van der Waals surface area contributed by atoms with Crippen molar-refractivity contribution in [2.75, 3.05) is 13.1 Å². The average molecular weight is 425 g/mol. The van der Waals surface area contributed by atoms with Gasteiger partial charge < -0.3 is 4.90 Å². The molecule has 1 saturated heterocycles. The molecule has 162 valence electrons. The zero-order valence-electron chi connectivity index (χ0n) is 18.2. The molecule has 5 heteroatoms. The van der Waals surface area contributed by atoms with Crippen molar-refractivity contribution in [1.82, 2.24) is 19.7 Å². The number of amides is 1. The van der Waals surface area contributed by atoms with E-state index in [-0.39, 0.29) is 5.91 Å². The van der Waals surface area contributed by atoms with E-state index >= 15 is 0 Å². The van der Waals surface area contributed by atoms with Crippen LogP contribution in [0.4, 0.5) is 0 Å². The van der Waals surface area contributed by atoms with Gasteiger partial charge in [0.15, 0.2) is 0 Å². The molecule has 5 nitrogen and oxygen atoms in total. The van der Waals surface area contributed by atoms with E-state index in [4.69, 9.17) is 0 Å². The van der Waals surface area contributed by atoms with Gasteiger partial charge >= 0.3 is 0 Å². The number of nitrogens with zero attached hydrogens (tertiary/aromatic N) is 4. The third kappa shape index (κ3) is 4.57. The molecular formula is C27H28N4O. The van der Waals surface area contributed by atoms with E-state index in [1.165, 1.54) is 10.9 Å². The first-order valence-electron chi connectivity index (χ1n) is 11.4. The standard InChI is InChI=1S/C27H28N4O/c32-27(25-9-2-1-7-24(25)20-31-16-5-14-29-31)30-15-4-6-21(12-17-30)18-22-10-11-26-23(19-22)8-3-13-28-26/h1-3,5,7-11,13-14,16,19,21H,4,6,12,15,17-18,20H2/t21-/m0/s1. The maximum atomic E-state index is 13.4. The van der Waals surface area contributed by atoms with Crippen LogP contribution < -0.4 is 0 Å². The van der Waals surface area contributed by atoms with E-state index in [2.05, 4.69) is 34.3 Å². The van der Waals surface area contributed by atoms with Crippen LogP contribution in [0.5, 0.6) is 0 Å². The molecule has 1 atom stereocenters. The molecule has 2 aromatic carbocycles. The van der Waals surface area contributed by atoms with Gasteiger partial charge in [-0.1, -0.05) is 30.3 Å². The number of hydrogen-bond acceptors (Lipinski definition) is 3.